The number of carbonyl (C=O) groups is 2. The fraction of sp³-hybridized carbons (Fsp3) is 0.619. The second-order valence-electron chi connectivity index (χ2n) is 7.76. The highest BCUT2D eigenvalue weighted by Gasteiger charge is 2.32. The lowest BCUT2D eigenvalue weighted by Gasteiger charge is -2.37. The maximum Gasteiger partial charge on any atom is 0.271 e. The van der Waals surface area contributed by atoms with Crippen molar-refractivity contribution < 1.29 is 14.3 Å². The average molecular weight is 389 g/mol. The third-order valence-electron chi connectivity index (χ3n) is 5.44. The number of ether oxygens (including phenoxy) is 1. The third-order valence-corrected chi connectivity index (χ3v) is 5.44. The summed E-state index contributed by atoms with van der Waals surface area (Å²) in [4.78, 5) is 32.5. The van der Waals surface area contributed by atoms with Gasteiger partial charge in [-0.3, -0.25) is 14.6 Å². The molecule has 0 aromatic carbocycles. The summed E-state index contributed by atoms with van der Waals surface area (Å²) < 4.78 is 4.98. The van der Waals surface area contributed by atoms with Crippen molar-refractivity contribution >= 4 is 11.8 Å². The molecule has 0 spiro atoms. The van der Waals surface area contributed by atoms with Gasteiger partial charge in [0.05, 0.1) is 12.8 Å². The number of hydrogen-bond donors (Lipinski definition) is 2. The van der Waals surface area contributed by atoms with Gasteiger partial charge >= 0.3 is 0 Å². The van der Waals surface area contributed by atoms with Gasteiger partial charge in [-0.15, -0.1) is 0 Å². The number of aromatic nitrogens is 2. The molecule has 1 aliphatic rings. The molecule has 0 aliphatic heterocycles. The summed E-state index contributed by atoms with van der Waals surface area (Å²) in [5.41, 5.74) is 1.54. The molecule has 1 aromatic heterocycles. The molecular weight excluding hydrogens is 356 g/mol. The Morgan fingerprint density at radius 3 is 2.71 bits per heavy atom. The topological polar surface area (TPSA) is 93.2 Å². The van der Waals surface area contributed by atoms with Crippen LogP contribution in [-0.2, 0) is 9.53 Å². The lowest BCUT2D eigenvalue weighted by molar-refractivity contribution is -0.122. The van der Waals surface area contributed by atoms with Gasteiger partial charge < -0.3 is 15.4 Å². The molecule has 1 aromatic rings. The predicted molar refractivity (Wildman–Crippen MR) is 108 cm³/mol. The molecule has 2 N–H and O–H groups in total. The van der Waals surface area contributed by atoms with Crippen LogP contribution >= 0.6 is 0 Å². The maximum atomic E-state index is 12.3. The summed E-state index contributed by atoms with van der Waals surface area (Å²) in [6.07, 6.45) is 8.20. The van der Waals surface area contributed by atoms with Crippen molar-refractivity contribution in [1.29, 1.82) is 0 Å². The first-order valence-electron chi connectivity index (χ1n) is 9.90. The standard InChI is InChI=1S/C21H32N4O3/c1-14(2)18-10-16(11-20(26)24-7-8-28-4)15(3)9-17(18)12-25-21(27)19-13-22-5-6-23-19/h5-6,9,13-14,16-18H,7-8,10-12H2,1-4H3,(H,24,26)(H,25,27). The Hall–Kier alpha value is -2.28. The molecule has 154 valence electrons. The fourth-order valence-corrected chi connectivity index (χ4v) is 3.81. The van der Waals surface area contributed by atoms with Gasteiger partial charge in [-0.1, -0.05) is 25.5 Å². The number of nitrogens with zero attached hydrogens (tertiary/aromatic N) is 2. The van der Waals surface area contributed by atoms with Gasteiger partial charge in [-0.05, 0) is 37.0 Å². The monoisotopic (exact) mass is 388 g/mol. The molecule has 2 amide bonds. The average Bonchev–Trinajstić information content (AvgIpc) is 2.68. The van der Waals surface area contributed by atoms with E-state index in [-0.39, 0.29) is 23.7 Å². The van der Waals surface area contributed by atoms with Gasteiger partial charge in [0.15, 0.2) is 0 Å². The van der Waals surface area contributed by atoms with Crippen LogP contribution in [0.3, 0.4) is 0 Å². The molecule has 0 radical (unpaired) electrons. The van der Waals surface area contributed by atoms with E-state index < -0.39 is 0 Å². The Morgan fingerprint density at radius 1 is 1.29 bits per heavy atom. The van der Waals surface area contributed by atoms with Gasteiger partial charge in [0.1, 0.15) is 5.69 Å². The summed E-state index contributed by atoms with van der Waals surface area (Å²) in [5.74, 6) is 1.20. The lowest BCUT2D eigenvalue weighted by Crippen LogP contribution is -2.38. The SMILES string of the molecule is COCCNC(=O)CC1CC(C(C)C)C(CNC(=O)c2cnccn2)C=C1C. The first-order chi connectivity index (χ1) is 13.4. The first-order valence-corrected chi connectivity index (χ1v) is 9.90. The van der Waals surface area contributed by atoms with Crippen molar-refractivity contribution in [1.82, 2.24) is 20.6 Å². The molecule has 28 heavy (non-hydrogen) atoms. The number of methoxy groups -OCH3 is 1. The quantitative estimate of drug-likeness (QED) is 0.500. The van der Waals surface area contributed by atoms with E-state index in [1.54, 1.807) is 13.3 Å². The minimum atomic E-state index is -0.207. The van der Waals surface area contributed by atoms with Gasteiger partial charge in [-0.2, -0.15) is 0 Å². The van der Waals surface area contributed by atoms with E-state index in [0.717, 1.165) is 6.42 Å². The third kappa shape index (κ3) is 6.41. The van der Waals surface area contributed by atoms with Crippen LogP contribution in [0.1, 0.15) is 44.1 Å². The van der Waals surface area contributed by atoms with Crippen LogP contribution in [0.5, 0.6) is 0 Å². The maximum absolute atomic E-state index is 12.3. The highest BCUT2D eigenvalue weighted by Crippen LogP contribution is 2.38. The van der Waals surface area contributed by atoms with Gasteiger partial charge in [0.2, 0.25) is 5.91 Å². The summed E-state index contributed by atoms with van der Waals surface area (Å²) in [7, 11) is 1.62. The zero-order chi connectivity index (χ0) is 20.5. The van der Waals surface area contributed by atoms with Crippen molar-refractivity contribution in [3.63, 3.8) is 0 Å². The largest absolute Gasteiger partial charge is 0.383 e. The van der Waals surface area contributed by atoms with Crippen molar-refractivity contribution in [2.45, 2.75) is 33.6 Å². The zero-order valence-corrected chi connectivity index (χ0v) is 17.3. The van der Waals surface area contributed by atoms with E-state index in [0.29, 0.717) is 43.6 Å². The normalized spacial score (nSPS) is 21.9. The molecule has 2 rings (SSSR count). The minimum absolute atomic E-state index is 0.0618. The van der Waals surface area contributed by atoms with Crippen molar-refractivity contribution in [2.24, 2.45) is 23.7 Å². The van der Waals surface area contributed by atoms with Gasteiger partial charge in [0.25, 0.3) is 5.91 Å². The molecular formula is C21H32N4O3. The van der Waals surface area contributed by atoms with E-state index in [2.05, 4.69) is 47.4 Å². The molecule has 0 saturated carbocycles. The van der Waals surface area contributed by atoms with Crippen molar-refractivity contribution in [2.75, 3.05) is 26.8 Å². The number of carbonyl (C=O) groups excluding carboxylic acids is 2. The fourth-order valence-electron chi connectivity index (χ4n) is 3.81. The van der Waals surface area contributed by atoms with Gasteiger partial charge in [-0.25, -0.2) is 4.98 Å². The van der Waals surface area contributed by atoms with Crippen molar-refractivity contribution in [3.8, 4) is 0 Å². The van der Waals surface area contributed by atoms with E-state index in [4.69, 9.17) is 4.74 Å². The predicted octanol–water partition coefficient (Wildman–Crippen LogP) is 2.21. The summed E-state index contributed by atoms with van der Waals surface area (Å²) in [5, 5.41) is 5.89. The van der Waals surface area contributed by atoms with Gasteiger partial charge in [0, 0.05) is 39.0 Å². The molecule has 3 atom stereocenters. The van der Waals surface area contributed by atoms with Crippen LogP contribution in [0, 0.1) is 23.7 Å². The molecule has 0 fully saturated rings. The summed E-state index contributed by atoms with van der Waals surface area (Å²) >= 11 is 0. The number of amides is 2. The van der Waals surface area contributed by atoms with Crippen molar-refractivity contribution in [3.05, 3.63) is 35.9 Å². The highest BCUT2D eigenvalue weighted by atomic mass is 16.5. The van der Waals surface area contributed by atoms with E-state index in [9.17, 15) is 9.59 Å². The number of hydrogen-bond acceptors (Lipinski definition) is 5. The minimum Gasteiger partial charge on any atom is -0.383 e. The second-order valence-corrected chi connectivity index (χ2v) is 7.76. The lowest BCUT2D eigenvalue weighted by atomic mass is 9.69. The smallest absolute Gasteiger partial charge is 0.271 e. The second kappa shape index (κ2) is 10.9. The zero-order valence-electron chi connectivity index (χ0n) is 17.3. The summed E-state index contributed by atoms with van der Waals surface area (Å²) in [6, 6.07) is 0. The highest BCUT2D eigenvalue weighted by molar-refractivity contribution is 5.91. The van der Waals surface area contributed by atoms with Crippen LogP contribution < -0.4 is 10.6 Å². The molecule has 1 aliphatic carbocycles. The van der Waals surface area contributed by atoms with E-state index in [1.807, 2.05) is 0 Å². The Bertz CT molecular complexity index is 675. The number of rotatable bonds is 9. The van der Waals surface area contributed by atoms with Crippen LogP contribution in [0.4, 0.5) is 0 Å². The van der Waals surface area contributed by atoms with Crippen LogP contribution in [0.15, 0.2) is 30.2 Å². The Kier molecular flexibility index (Phi) is 8.57. The van der Waals surface area contributed by atoms with Crippen LogP contribution in [0.2, 0.25) is 0 Å². The number of nitrogens with one attached hydrogen (secondary N) is 2. The summed E-state index contributed by atoms with van der Waals surface area (Å²) in [6.45, 7) is 8.10. The Morgan fingerprint density at radius 2 is 2.07 bits per heavy atom. The molecule has 1 heterocycles. The van der Waals surface area contributed by atoms with E-state index in [1.165, 1.54) is 18.0 Å². The molecule has 0 saturated heterocycles. The Labute approximate surface area is 167 Å². The van der Waals surface area contributed by atoms with E-state index >= 15 is 0 Å². The Balaban J connectivity index is 1.97. The van der Waals surface area contributed by atoms with Crippen LogP contribution in [0.25, 0.3) is 0 Å². The first kappa shape index (κ1) is 22.0. The molecule has 7 nitrogen and oxygen atoms in total. The number of allylic oxidation sites excluding steroid dienone is 1. The molecule has 0 bridgehead atoms. The molecule has 7 heteroatoms. The molecule has 3 unspecified atom stereocenters. The van der Waals surface area contributed by atoms with Crippen LogP contribution in [-0.4, -0.2) is 48.6 Å².